The summed E-state index contributed by atoms with van der Waals surface area (Å²) >= 11 is 12.5. The summed E-state index contributed by atoms with van der Waals surface area (Å²) in [7, 11) is -2.34. The fraction of sp³-hybridized carbons (Fsp3) is 0.182. The van der Waals surface area contributed by atoms with E-state index < -0.39 is 21.7 Å². The lowest BCUT2D eigenvalue weighted by Crippen LogP contribution is -2.12. The van der Waals surface area contributed by atoms with E-state index >= 15 is 0 Å². The number of carbonyl (C=O) groups is 1. The molecule has 34 heavy (non-hydrogen) atoms. The van der Waals surface area contributed by atoms with Gasteiger partial charge in [0.05, 0.1) is 21.1 Å². The first-order valence-corrected chi connectivity index (χ1v) is 13.1. The number of aromatic amines is 1. The molecule has 1 amide bonds. The van der Waals surface area contributed by atoms with E-state index in [1.807, 2.05) is 6.92 Å². The number of rotatable bonds is 6. The highest BCUT2D eigenvalue weighted by Gasteiger charge is 2.17. The Bertz CT molecular complexity index is 1470. The van der Waals surface area contributed by atoms with Gasteiger partial charge in [0.15, 0.2) is 11.6 Å². The molecule has 0 aliphatic rings. The lowest BCUT2D eigenvalue weighted by molar-refractivity contribution is 0.102. The minimum absolute atomic E-state index is 0.294. The third-order valence-corrected chi connectivity index (χ3v) is 5.93. The Hall–Kier alpha value is -3.21. The summed E-state index contributed by atoms with van der Waals surface area (Å²) in [5, 5.41) is 11.3. The topological polar surface area (TPSA) is 122 Å². The van der Waals surface area contributed by atoms with Crippen molar-refractivity contribution < 1.29 is 13.7 Å². The number of fused-ring (bicyclic) bond motifs is 1. The lowest BCUT2D eigenvalue weighted by Gasteiger charge is -2.17. The first-order chi connectivity index (χ1) is 16.1. The van der Waals surface area contributed by atoms with E-state index in [2.05, 4.69) is 29.8 Å². The van der Waals surface area contributed by atoms with Crippen LogP contribution in [0.4, 0.5) is 11.6 Å². The van der Waals surface area contributed by atoms with E-state index in [4.69, 9.17) is 27.9 Å². The quantitative estimate of drug-likeness (QED) is 0.351. The predicted molar refractivity (Wildman–Crippen MR) is 134 cm³/mol. The second kappa shape index (κ2) is 9.57. The van der Waals surface area contributed by atoms with Crippen molar-refractivity contribution in [2.45, 2.75) is 13.0 Å². The first kappa shape index (κ1) is 23.9. The van der Waals surface area contributed by atoms with Crippen LogP contribution in [0.15, 0.2) is 53.3 Å². The van der Waals surface area contributed by atoms with Crippen LogP contribution >= 0.6 is 23.2 Å². The Labute approximate surface area is 206 Å². The smallest absolute Gasteiger partial charge is 0.258 e. The number of hydrogen-bond donors (Lipinski definition) is 2. The van der Waals surface area contributed by atoms with Crippen molar-refractivity contribution in [3.63, 3.8) is 0 Å². The Morgan fingerprint density at radius 2 is 1.88 bits per heavy atom. The largest absolute Gasteiger partial charge is 0.486 e. The number of halogens is 2. The molecule has 0 fully saturated rings. The van der Waals surface area contributed by atoms with Crippen LogP contribution in [-0.2, 0) is 9.73 Å². The van der Waals surface area contributed by atoms with Gasteiger partial charge in [-0.3, -0.25) is 14.9 Å². The van der Waals surface area contributed by atoms with Crippen LogP contribution in [0.5, 0.6) is 5.75 Å². The maximum atomic E-state index is 12.7. The normalized spacial score (nSPS) is 12.4. The minimum atomic E-state index is -2.34. The fourth-order valence-corrected chi connectivity index (χ4v) is 4.44. The third-order valence-electron chi connectivity index (χ3n) is 4.70. The molecule has 0 radical (unpaired) electrons. The fourth-order valence-electron chi connectivity index (χ4n) is 3.21. The molecule has 1 atom stereocenters. The second-order valence-corrected chi connectivity index (χ2v) is 11.0. The highest BCUT2D eigenvalue weighted by atomic mass is 35.5. The summed E-state index contributed by atoms with van der Waals surface area (Å²) < 4.78 is 21.8. The van der Waals surface area contributed by atoms with Gasteiger partial charge in [-0.05, 0) is 37.3 Å². The van der Waals surface area contributed by atoms with Gasteiger partial charge in [0.25, 0.3) is 5.91 Å². The molecule has 176 valence electrons. The molecule has 3 aromatic heterocycles. The number of benzene rings is 1. The number of anilines is 1. The highest BCUT2D eigenvalue weighted by Crippen LogP contribution is 2.34. The van der Waals surface area contributed by atoms with Crippen LogP contribution in [0.1, 0.15) is 28.9 Å². The van der Waals surface area contributed by atoms with Crippen molar-refractivity contribution in [1.29, 1.82) is 0 Å². The zero-order chi connectivity index (χ0) is 24.5. The highest BCUT2D eigenvalue weighted by molar-refractivity contribution is 7.92. The van der Waals surface area contributed by atoms with E-state index in [-0.39, 0.29) is 0 Å². The van der Waals surface area contributed by atoms with Crippen LogP contribution in [0, 0.1) is 0 Å². The van der Waals surface area contributed by atoms with Gasteiger partial charge in [-0.15, -0.1) is 0 Å². The molecule has 4 rings (SSSR count). The molecule has 0 saturated heterocycles. The van der Waals surface area contributed by atoms with E-state index in [0.29, 0.717) is 49.5 Å². The van der Waals surface area contributed by atoms with E-state index in [0.717, 1.165) is 0 Å². The number of pyridine rings is 2. The molecule has 0 spiro atoms. The third kappa shape index (κ3) is 5.46. The summed E-state index contributed by atoms with van der Waals surface area (Å²) in [5.41, 5.74) is 1.64. The van der Waals surface area contributed by atoms with Gasteiger partial charge >= 0.3 is 0 Å². The van der Waals surface area contributed by atoms with E-state index in [1.54, 1.807) is 24.3 Å². The number of nitrogens with zero attached hydrogens (tertiary/aromatic N) is 4. The molecule has 0 aliphatic carbocycles. The maximum Gasteiger partial charge on any atom is 0.258 e. The zero-order valence-electron chi connectivity index (χ0n) is 18.4. The van der Waals surface area contributed by atoms with Gasteiger partial charge in [0.2, 0.25) is 0 Å². The summed E-state index contributed by atoms with van der Waals surface area (Å²) in [6.45, 7) is 1.83. The molecule has 0 aliphatic heterocycles. The van der Waals surface area contributed by atoms with Gasteiger partial charge in [0, 0.05) is 51.8 Å². The molecule has 4 aromatic rings. The van der Waals surface area contributed by atoms with Crippen molar-refractivity contribution in [1.82, 2.24) is 20.2 Å². The Morgan fingerprint density at radius 1 is 1.15 bits per heavy atom. The number of carbonyl (C=O) groups excluding carboxylic acids is 1. The molecule has 0 bridgehead atoms. The maximum absolute atomic E-state index is 12.7. The van der Waals surface area contributed by atoms with Crippen molar-refractivity contribution in [2.75, 3.05) is 17.8 Å². The van der Waals surface area contributed by atoms with Gasteiger partial charge < -0.3 is 10.1 Å². The number of H-pyrrole nitrogens is 1. The van der Waals surface area contributed by atoms with Crippen molar-refractivity contribution in [2.24, 2.45) is 4.36 Å². The summed E-state index contributed by atoms with van der Waals surface area (Å²) in [5.74, 6) is 0.756. The number of amides is 1. The summed E-state index contributed by atoms with van der Waals surface area (Å²) in [6.07, 6.45) is 6.96. The molecule has 1 aromatic carbocycles. The molecular weight excluding hydrogens is 499 g/mol. The molecule has 3 heterocycles. The second-order valence-electron chi connectivity index (χ2n) is 7.69. The summed E-state index contributed by atoms with van der Waals surface area (Å²) in [6, 6.07) is 8.41. The first-order valence-electron chi connectivity index (χ1n) is 9.99. The van der Waals surface area contributed by atoms with Crippen LogP contribution in [-0.4, -0.2) is 42.8 Å². The number of ether oxygens (including phenoxy) is 1. The molecule has 2 N–H and O–H groups in total. The minimum Gasteiger partial charge on any atom is -0.486 e. The zero-order valence-corrected chi connectivity index (χ0v) is 20.7. The monoisotopic (exact) mass is 518 g/mol. The molecule has 0 saturated carbocycles. The standard InChI is InChI=1S/C22H20Cl2N6O3S/c1-12(20-16(23)10-25-11-17(20)24)33-14-5-6-18-15(8-14)21(29-28-18)27-22(31)13-4-7-19(26-9-13)30-34(2,3)32/h4-12H,1-3H3,(H2,27,28,29,31)/t12-/m1/s1. The Kier molecular flexibility index (Phi) is 6.74. The van der Waals surface area contributed by atoms with E-state index in [9.17, 15) is 9.00 Å². The van der Waals surface area contributed by atoms with E-state index in [1.165, 1.54) is 37.2 Å². The van der Waals surface area contributed by atoms with Crippen LogP contribution in [0.2, 0.25) is 10.0 Å². The summed E-state index contributed by atoms with van der Waals surface area (Å²) in [4.78, 5) is 20.8. The SMILES string of the molecule is C[C@@H](Oc1ccc2[nH]nc(NC(=O)c3ccc(N=S(C)(C)=O)nc3)c2c1)c1c(Cl)cncc1Cl. The molecule has 0 unspecified atom stereocenters. The predicted octanol–water partition coefficient (Wildman–Crippen LogP) is 5.41. The van der Waals surface area contributed by atoms with Gasteiger partial charge in [-0.2, -0.15) is 9.46 Å². The lowest BCUT2D eigenvalue weighted by atomic mass is 10.1. The average molecular weight is 519 g/mol. The van der Waals surface area contributed by atoms with Crippen molar-refractivity contribution in [3.8, 4) is 5.75 Å². The average Bonchev–Trinajstić information content (AvgIpc) is 3.15. The molecular formula is C22H20Cl2N6O3S. The Morgan fingerprint density at radius 3 is 2.53 bits per heavy atom. The molecule has 9 nitrogen and oxygen atoms in total. The van der Waals surface area contributed by atoms with Gasteiger partial charge in [0.1, 0.15) is 11.9 Å². The number of aromatic nitrogens is 4. The van der Waals surface area contributed by atoms with Crippen molar-refractivity contribution >= 4 is 61.4 Å². The van der Waals surface area contributed by atoms with Gasteiger partial charge in [-0.25, -0.2) is 9.19 Å². The number of hydrogen-bond acceptors (Lipinski definition) is 7. The van der Waals surface area contributed by atoms with Gasteiger partial charge in [-0.1, -0.05) is 23.2 Å². The van der Waals surface area contributed by atoms with Crippen molar-refractivity contribution in [3.05, 3.63) is 70.1 Å². The Balaban J connectivity index is 1.55. The van der Waals surface area contributed by atoms with Crippen LogP contribution < -0.4 is 10.1 Å². The van der Waals surface area contributed by atoms with Crippen LogP contribution in [0.3, 0.4) is 0 Å². The number of nitrogens with one attached hydrogen (secondary N) is 2. The molecule has 12 heteroatoms. The van der Waals surface area contributed by atoms with Crippen LogP contribution in [0.25, 0.3) is 10.9 Å².